The summed E-state index contributed by atoms with van der Waals surface area (Å²) in [5.74, 6) is 0. The SMILES string of the molecule is CC1CN(S(=O)(=O)c2cccc(Cl)c2)C(C)CN1.Cl. The Labute approximate surface area is 125 Å². The van der Waals surface area contributed by atoms with Crippen molar-refractivity contribution in [1.29, 1.82) is 0 Å². The van der Waals surface area contributed by atoms with E-state index >= 15 is 0 Å². The number of hydrogen-bond acceptors (Lipinski definition) is 3. The predicted molar refractivity (Wildman–Crippen MR) is 79.5 cm³/mol. The molecule has 1 aliphatic rings. The monoisotopic (exact) mass is 324 g/mol. The van der Waals surface area contributed by atoms with Crippen LogP contribution in [0.3, 0.4) is 0 Å². The highest BCUT2D eigenvalue weighted by Crippen LogP contribution is 2.22. The summed E-state index contributed by atoms with van der Waals surface area (Å²) in [6.45, 7) is 5.03. The van der Waals surface area contributed by atoms with Crippen molar-refractivity contribution in [3.8, 4) is 0 Å². The van der Waals surface area contributed by atoms with Gasteiger partial charge in [-0.3, -0.25) is 0 Å². The van der Waals surface area contributed by atoms with Gasteiger partial charge in [0.05, 0.1) is 4.90 Å². The average molecular weight is 325 g/mol. The maximum absolute atomic E-state index is 12.5. The number of halogens is 2. The van der Waals surface area contributed by atoms with Gasteiger partial charge >= 0.3 is 0 Å². The smallest absolute Gasteiger partial charge is 0.243 e. The number of benzene rings is 1. The number of piperazine rings is 1. The van der Waals surface area contributed by atoms with E-state index in [4.69, 9.17) is 11.6 Å². The normalized spacial score (nSPS) is 24.8. The fraction of sp³-hybridized carbons (Fsp3) is 0.500. The third-order valence-electron chi connectivity index (χ3n) is 3.11. The molecule has 7 heteroatoms. The molecule has 1 aromatic carbocycles. The van der Waals surface area contributed by atoms with Gasteiger partial charge in [0.2, 0.25) is 10.0 Å². The summed E-state index contributed by atoms with van der Waals surface area (Å²) in [7, 11) is -3.46. The quantitative estimate of drug-likeness (QED) is 0.906. The fourth-order valence-electron chi connectivity index (χ4n) is 2.09. The molecule has 0 aromatic heterocycles. The summed E-state index contributed by atoms with van der Waals surface area (Å²) in [6.07, 6.45) is 0. The molecule has 1 N–H and O–H groups in total. The third kappa shape index (κ3) is 3.61. The molecular weight excluding hydrogens is 307 g/mol. The van der Waals surface area contributed by atoms with E-state index in [-0.39, 0.29) is 29.4 Å². The Morgan fingerprint density at radius 1 is 1.37 bits per heavy atom. The molecule has 19 heavy (non-hydrogen) atoms. The molecule has 0 amide bonds. The second kappa shape index (κ2) is 6.41. The van der Waals surface area contributed by atoms with Gasteiger partial charge in [0.25, 0.3) is 0 Å². The zero-order valence-corrected chi connectivity index (χ0v) is 13.2. The summed E-state index contributed by atoms with van der Waals surface area (Å²) in [6, 6.07) is 6.52. The van der Waals surface area contributed by atoms with Gasteiger partial charge in [0, 0.05) is 30.2 Å². The van der Waals surface area contributed by atoms with Gasteiger partial charge in [-0.15, -0.1) is 12.4 Å². The highest BCUT2D eigenvalue weighted by molar-refractivity contribution is 7.89. The lowest BCUT2D eigenvalue weighted by Gasteiger charge is -2.36. The van der Waals surface area contributed by atoms with E-state index < -0.39 is 10.0 Å². The van der Waals surface area contributed by atoms with E-state index in [1.807, 2.05) is 13.8 Å². The van der Waals surface area contributed by atoms with Crippen LogP contribution in [0.5, 0.6) is 0 Å². The van der Waals surface area contributed by atoms with Crippen LogP contribution >= 0.6 is 24.0 Å². The lowest BCUT2D eigenvalue weighted by atomic mass is 10.2. The number of nitrogens with zero attached hydrogens (tertiary/aromatic N) is 1. The number of sulfonamides is 1. The first-order valence-corrected chi connectivity index (χ1v) is 7.74. The first kappa shape index (κ1) is 16.7. The molecule has 1 heterocycles. The molecule has 2 unspecified atom stereocenters. The Bertz CT molecular complexity index is 536. The van der Waals surface area contributed by atoms with Gasteiger partial charge in [-0.2, -0.15) is 4.31 Å². The minimum Gasteiger partial charge on any atom is -0.311 e. The summed E-state index contributed by atoms with van der Waals surface area (Å²) in [4.78, 5) is 0.260. The van der Waals surface area contributed by atoms with Crippen LogP contribution in [0.15, 0.2) is 29.2 Å². The summed E-state index contributed by atoms with van der Waals surface area (Å²) in [5.41, 5.74) is 0. The van der Waals surface area contributed by atoms with Crippen molar-refractivity contribution in [2.45, 2.75) is 30.8 Å². The Kier molecular flexibility index (Phi) is 5.65. The van der Waals surface area contributed by atoms with E-state index in [0.29, 0.717) is 18.1 Å². The van der Waals surface area contributed by atoms with Crippen LogP contribution in [-0.4, -0.2) is 37.9 Å². The van der Waals surface area contributed by atoms with Crippen molar-refractivity contribution < 1.29 is 8.42 Å². The van der Waals surface area contributed by atoms with E-state index in [0.717, 1.165) is 0 Å². The van der Waals surface area contributed by atoms with Gasteiger partial charge in [-0.1, -0.05) is 17.7 Å². The lowest BCUT2D eigenvalue weighted by molar-refractivity contribution is 0.244. The van der Waals surface area contributed by atoms with Crippen LogP contribution in [-0.2, 0) is 10.0 Å². The number of rotatable bonds is 2. The zero-order valence-electron chi connectivity index (χ0n) is 10.8. The van der Waals surface area contributed by atoms with Crippen molar-refractivity contribution in [3.63, 3.8) is 0 Å². The molecule has 0 aliphatic carbocycles. The van der Waals surface area contributed by atoms with Crippen molar-refractivity contribution in [2.24, 2.45) is 0 Å². The van der Waals surface area contributed by atoms with Gasteiger partial charge in [0.1, 0.15) is 0 Å². The van der Waals surface area contributed by atoms with Crippen molar-refractivity contribution in [1.82, 2.24) is 9.62 Å². The lowest BCUT2D eigenvalue weighted by Crippen LogP contribution is -2.56. The highest BCUT2D eigenvalue weighted by atomic mass is 35.5. The predicted octanol–water partition coefficient (Wildman–Crippen LogP) is 2.13. The molecule has 1 saturated heterocycles. The van der Waals surface area contributed by atoms with Crippen LogP contribution in [0.4, 0.5) is 0 Å². The summed E-state index contributed by atoms with van der Waals surface area (Å²) < 4.78 is 26.6. The number of hydrogen-bond donors (Lipinski definition) is 1. The third-order valence-corrected chi connectivity index (χ3v) is 5.32. The van der Waals surface area contributed by atoms with Crippen molar-refractivity contribution in [2.75, 3.05) is 13.1 Å². The number of nitrogens with one attached hydrogen (secondary N) is 1. The molecule has 108 valence electrons. The topological polar surface area (TPSA) is 49.4 Å². The van der Waals surface area contributed by atoms with Gasteiger partial charge in [-0.25, -0.2) is 8.42 Å². The molecule has 2 rings (SSSR count). The minimum atomic E-state index is -3.46. The average Bonchev–Trinajstić information content (AvgIpc) is 2.32. The Balaban J connectivity index is 0.00000180. The minimum absolute atomic E-state index is 0. The van der Waals surface area contributed by atoms with Crippen molar-refractivity contribution in [3.05, 3.63) is 29.3 Å². The standard InChI is InChI=1S/C12H17ClN2O2S.ClH/c1-9-8-15(10(2)7-14-9)18(16,17)12-5-3-4-11(13)6-12;/h3-6,9-10,14H,7-8H2,1-2H3;1H. The van der Waals surface area contributed by atoms with Gasteiger partial charge in [0.15, 0.2) is 0 Å². The summed E-state index contributed by atoms with van der Waals surface area (Å²) in [5, 5.41) is 3.70. The van der Waals surface area contributed by atoms with Gasteiger partial charge < -0.3 is 5.32 Å². The van der Waals surface area contributed by atoms with Crippen LogP contribution < -0.4 is 5.32 Å². The van der Waals surface area contributed by atoms with Crippen LogP contribution in [0, 0.1) is 0 Å². The molecule has 1 aromatic rings. The van der Waals surface area contributed by atoms with Crippen LogP contribution in [0.1, 0.15) is 13.8 Å². The van der Waals surface area contributed by atoms with E-state index in [1.165, 1.54) is 6.07 Å². The molecular formula is C12H18Cl2N2O2S. The van der Waals surface area contributed by atoms with E-state index in [9.17, 15) is 8.42 Å². The van der Waals surface area contributed by atoms with Gasteiger partial charge in [-0.05, 0) is 32.0 Å². The van der Waals surface area contributed by atoms with E-state index in [2.05, 4.69) is 5.32 Å². The largest absolute Gasteiger partial charge is 0.311 e. The van der Waals surface area contributed by atoms with Crippen molar-refractivity contribution >= 4 is 34.0 Å². The molecule has 0 bridgehead atoms. The molecule has 1 fully saturated rings. The molecule has 4 nitrogen and oxygen atoms in total. The Morgan fingerprint density at radius 2 is 2.05 bits per heavy atom. The second-order valence-corrected chi connectivity index (χ2v) is 7.02. The second-order valence-electron chi connectivity index (χ2n) is 4.69. The molecule has 2 atom stereocenters. The summed E-state index contributed by atoms with van der Waals surface area (Å²) >= 11 is 5.86. The van der Waals surface area contributed by atoms with Crippen LogP contribution in [0.25, 0.3) is 0 Å². The zero-order chi connectivity index (χ0) is 13.3. The maximum Gasteiger partial charge on any atom is 0.243 e. The molecule has 0 saturated carbocycles. The fourth-order valence-corrected chi connectivity index (χ4v) is 4.11. The Morgan fingerprint density at radius 3 is 2.68 bits per heavy atom. The first-order chi connectivity index (χ1) is 8.41. The first-order valence-electron chi connectivity index (χ1n) is 5.92. The molecule has 0 radical (unpaired) electrons. The molecule has 1 aliphatic heterocycles. The maximum atomic E-state index is 12.5. The molecule has 0 spiro atoms. The Hall–Kier alpha value is -0.330. The highest BCUT2D eigenvalue weighted by Gasteiger charge is 2.33. The van der Waals surface area contributed by atoms with Crippen LogP contribution in [0.2, 0.25) is 5.02 Å². The van der Waals surface area contributed by atoms with E-state index in [1.54, 1.807) is 22.5 Å².